The van der Waals surface area contributed by atoms with Crippen LogP contribution in [0.2, 0.25) is 0 Å². The molecule has 2 unspecified atom stereocenters. The van der Waals surface area contributed by atoms with E-state index in [0.29, 0.717) is 0 Å². The summed E-state index contributed by atoms with van der Waals surface area (Å²) >= 11 is 0. The minimum absolute atomic E-state index is 0.0368. The van der Waals surface area contributed by atoms with Crippen molar-refractivity contribution >= 4 is 11.9 Å². The summed E-state index contributed by atoms with van der Waals surface area (Å²) < 4.78 is 12.6. The van der Waals surface area contributed by atoms with Crippen molar-refractivity contribution in [2.45, 2.75) is 50.7 Å². The van der Waals surface area contributed by atoms with E-state index in [0.717, 1.165) is 55.2 Å². The molecule has 3 rings (SSSR count). The van der Waals surface area contributed by atoms with Crippen LogP contribution in [0.3, 0.4) is 0 Å². The summed E-state index contributed by atoms with van der Waals surface area (Å²) in [6.07, 6.45) is 4.53. The predicted molar refractivity (Wildman–Crippen MR) is 98.2 cm³/mol. The first-order valence-corrected chi connectivity index (χ1v) is 9.62. The van der Waals surface area contributed by atoms with Gasteiger partial charge in [0, 0.05) is 24.8 Å². The van der Waals surface area contributed by atoms with Crippen molar-refractivity contribution in [2.75, 3.05) is 27.2 Å². The molecule has 1 saturated carbocycles. The molecule has 0 N–H and O–H groups in total. The van der Waals surface area contributed by atoms with Crippen molar-refractivity contribution in [1.82, 2.24) is 0 Å². The second-order valence-electron chi connectivity index (χ2n) is 8.33. The Kier molecular flexibility index (Phi) is 5.37. The van der Waals surface area contributed by atoms with Crippen molar-refractivity contribution in [3.8, 4) is 0 Å². The molecule has 0 aromatic heterocycles. The van der Waals surface area contributed by atoms with Gasteiger partial charge in [-0.1, -0.05) is 43.2 Å². The summed E-state index contributed by atoms with van der Waals surface area (Å²) in [5.74, 6) is -0.886. The van der Waals surface area contributed by atoms with Gasteiger partial charge in [0.2, 0.25) is 5.60 Å². The number of carbonyl (C=O) groups is 2. The van der Waals surface area contributed by atoms with Gasteiger partial charge in [-0.25, -0.2) is 4.79 Å². The number of quaternary nitrogens is 1. The van der Waals surface area contributed by atoms with Crippen molar-refractivity contribution in [3.63, 3.8) is 0 Å². The highest BCUT2D eigenvalue weighted by atomic mass is 16.6. The van der Waals surface area contributed by atoms with Crippen LogP contribution >= 0.6 is 0 Å². The summed E-state index contributed by atoms with van der Waals surface area (Å²) in [6, 6.07) is 9.41. The van der Waals surface area contributed by atoms with Crippen LogP contribution < -0.4 is 0 Å². The normalized spacial score (nSPS) is 24.8. The Morgan fingerprint density at radius 2 is 1.73 bits per heavy atom. The molecule has 0 bridgehead atoms. The van der Waals surface area contributed by atoms with Gasteiger partial charge in [0.05, 0.1) is 20.6 Å². The Morgan fingerprint density at radius 3 is 2.27 bits per heavy atom. The van der Waals surface area contributed by atoms with E-state index < -0.39 is 17.5 Å². The highest BCUT2D eigenvalue weighted by molar-refractivity contribution is 5.85. The largest absolute Gasteiger partial charge is 0.453 e. The fraction of sp³-hybridized carbons (Fsp3) is 0.619. The van der Waals surface area contributed by atoms with Crippen molar-refractivity contribution in [1.29, 1.82) is 0 Å². The van der Waals surface area contributed by atoms with E-state index in [1.165, 1.54) is 6.92 Å². The highest BCUT2D eigenvalue weighted by Crippen LogP contribution is 2.45. The lowest BCUT2D eigenvalue weighted by Gasteiger charge is -2.37. The van der Waals surface area contributed by atoms with Gasteiger partial charge in [0.1, 0.15) is 6.54 Å². The topological polar surface area (TPSA) is 52.6 Å². The van der Waals surface area contributed by atoms with Crippen LogP contribution in [0.5, 0.6) is 0 Å². The third kappa shape index (κ3) is 3.78. The minimum atomic E-state index is -1.33. The molecule has 2 atom stereocenters. The molecule has 1 aliphatic carbocycles. The van der Waals surface area contributed by atoms with Crippen LogP contribution in [-0.2, 0) is 24.7 Å². The molecule has 0 spiro atoms. The fourth-order valence-electron chi connectivity index (χ4n) is 4.51. The molecule has 1 saturated heterocycles. The summed E-state index contributed by atoms with van der Waals surface area (Å²) in [4.78, 5) is 25.4. The van der Waals surface area contributed by atoms with E-state index in [9.17, 15) is 9.59 Å². The van der Waals surface area contributed by atoms with Gasteiger partial charge in [-0.3, -0.25) is 4.79 Å². The molecule has 1 heterocycles. The quantitative estimate of drug-likeness (QED) is 0.598. The average molecular weight is 360 g/mol. The van der Waals surface area contributed by atoms with E-state index in [-0.39, 0.29) is 12.0 Å². The molecule has 0 amide bonds. The first-order valence-electron chi connectivity index (χ1n) is 9.62. The Balaban J connectivity index is 1.95. The third-order valence-electron chi connectivity index (χ3n) is 5.77. The third-order valence-corrected chi connectivity index (χ3v) is 5.77. The van der Waals surface area contributed by atoms with E-state index in [2.05, 4.69) is 14.1 Å². The maximum Gasteiger partial charge on any atom is 0.356 e. The molecule has 142 valence electrons. The molecule has 1 aliphatic heterocycles. The summed E-state index contributed by atoms with van der Waals surface area (Å²) in [6.45, 7) is 3.14. The minimum Gasteiger partial charge on any atom is -0.453 e. The van der Waals surface area contributed by atoms with Crippen molar-refractivity contribution in [2.24, 2.45) is 5.92 Å². The van der Waals surface area contributed by atoms with Crippen LogP contribution in [-0.4, -0.2) is 49.7 Å². The number of esters is 2. The van der Waals surface area contributed by atoms with Crippen LogP contribution in [0.4, 0.5) is 0 Å². The molecular formula is C21H30NO4+. The van der Waals surface area contributed by atoms with Gasteiger partial charge in [0.15, 0.2) is 6.10 Å². The standard InChI is InChI=1S/C21H30NO4/c1-16(23)26-21(18-11-7-8-12-18,17-9-5-4-6-10-17)20(24)25-19-13-14-22(2,3)15-19/h4-6,9-10,18-19H,7-8,11-15H2,1-3H3/q+1. The van der Waals surface area contributed by atoms with Crippen molar-refractivity contribution in [3.05, 3.63) is 35.9 Å². The number of benzene rings is 1. The molecule has 1 aromatic rings. The number of ether oxygens (including phenoxy) is 2. The summed E-state index contributed by atoms with van der Waals surface area (Å²) in [5, 5.41) is 0. The summed E-state index contributed by atoms with van der Waals surface area (Å²) in [7, 11) is 4.28. The van der Waals surface area contributed by atoms with Crippen LogP contribution in [0.15, 0.2) is 30.3 Å². The SMILES string of the molecule is CC(=O)OC(C(=O)OC1CC[N+](C)(C)C1)(c1ccccc1)C1CCCC1. The van der Waals surface area contributed by atoms with Gasteiger partial charge in [-0.15, -0.1) is 0 Å². The van der Waals surface area contributed by atoms with Crippen LogP contribution in [0, 0.1) is 5.92 Å². The van der Waals surface area contributed by atoms with Gasteiger partial charge in [-0.2, -0.15) is 0 Å². The Morgan fingerprint density at radius 1 is 1.08 bits per heavy atom. The van der Waals surface area contributed by atoms with Gasteiger partial charge < -0.3 is 14.0 Å². The summed E-state index contributed by atoms with van der Waals surface area (Å²) in [5.41, 5.74) is -0.609. The Labute approximate surface area is 155 Å². The van der Waals surface area contributed by atoms with E-state index >= 15 is 0 Å². The van der Waals surface area contributed by atoms with E-state index in [1.54, 1.807) is 0 Å². The zero-order valence-corrected chi connectivity index (χ0v) is 16.1. The highest BCUT2D eigenvalue weighted by Gasteiger charge is 2.53. The second-order valence-corrected chi connectivity index (χ2v) is 8.33. The zero-order valence-electron chi connectivity index (χ0n) is 16.1. The van der Waals surface area contributed by atoms with Gasteiger partial charge in [-0.05, 0) is 12.8 Å². The molecular weight excluding hydrogens is 330 g/mol. The van der Waals surface area contributed by atoms with E-state index in [4.69, 9.17) is 9.47 Å². The Hall–Kier alpha value is -1.88. The zero-order chi connectivity index (χ0) is 18.8. The lowest BCUT2D eigenvalue weighted by molar-refractivity contribution is -0.879. The Bertz CT molecular complexity index is 651. The van der Waals surface area contributed by atoms with E-state index in [1.807, 2.05) is 30.3 Å². The number of carbonyl (C=O) groups excluding carboxylic acids is 2. The molecule has 5 heteroatoms. The number of hydrogen-bond donors (Lipinski definition) is 0. The van der Waals surface area contributed by atoms with Gasteiger partial charge in [0.25, 0.3) is 0 Å². The number of nitrogens with zero attached hydrogens (tertiary/aromatic N) is 1. The molecule has 26 heavy (non-hydrogen) atoms. The molecule has 5 nitrogen and oxygen atoms in total. The molecule has 0 radical (unpaired) electrons. The second kappa shape index (κ2) is 7.39. The lowest BCUT2D eigenvalue weighted by atomic mass is 9.79. The number of hydrogen-bond acceptors (Lipinski definition) is 4. The molecule has 2 aliphatic rings. The maximum absolute atomic E-state index is 13.4. The molecule has 2 fully saturated rings. The smallest absolute Gasteiger partial charge is 0.356 e. The van der Waals surface area contributed by atoms with Crippen LogP contribution in [0.1, 0.15) is 44.6 Å². The fourth-order valence-corrected chi connectivity index (χ4v) is 4.51. The molecule has 1 aromatic carbocycles. The van der Waals surface area contributed by atoms with Crippen molar-refractivity contribution < 1.29 is 23.5 Å². The number of rotatable bonds is 5. The average Bonchev–Trinajstić information content (AvgIpc) is 3.23. The lowest BCUT2D eigenvalue weighted by Crippen LogP contribution is -2.48. The number of likely N-dealkylation sites (N-methyl/N-ethyl adjacent to an activating group) is 1. The van der Waals surface area contributed by atoms with Gasteiger partial charge >= 0.3 is 11.9 Å². The number of likely N-dealkylation sites (tertiary alicyclic amines) is 1. The first-order chi connectivity index (χ1) is 12.3. The predicted octanol–water partition coefficient (Wildman–Crippen LogP) is 3.03. The monoisotopic (exact) mass is 360 g/mol. The van der Waals surface area contributed by atoms with Crippen LogP contribution in [0.25, 0.3) is 0 Å². The first kappa shape index (κ1) is 18.9. The maximum atomic E-state index is 13.4.